The molecule has 6 nitrogen and oxygen atoms in total. The third kappa shape index (κ3) is 4.18. The smallest absolute Gasteiger partial charge is 0.245 e. The van der Waals surface area contributed by atoms with Gasteiger partial charge in [-0.1, -0.05) is 25.6 Å². The summed E-state index contributed by atoms with van der Waals surface area (Å²) in [5.74, 6) is 1.43. The van der Waals surface area contributed by atoms with Gasteiger partial charge >= 0.3 is 0 Å². The molecular formula is C28H27FN4O2. The Labute approximate surface area is 203 Å². The number of nitrogens with zero attached hydrogens (tertiary/aromatic N) is 4. The third-order valence-corrected chi connectivity index (χ3v) is 6.57. The number of aryl methyl sites for hydroxylation is 2. The van der Waals surface area contributed by atoms with Gasteiger partial charge in [0, 0.05) is 36.5 Å². The second-order valence-corrected chi connectivity index (χ2v) is 8.77. The summed E-state index contributed by atoms with van der Waals surface area (Å²) in [6, 6.07) is 12.7. The van der Waals surface area contributed by atoms with Crippen molar-refractivity contribution in [2.45, 2.75) is 32.6 Å². The number of ether oxygens (including phenoxy) is 1. The Bertz CT molecular complexity index is 1410. The van der Waals surface area contributed by atoms with Crippen LogP contribution in [0.2, 0.25) is 0 Å². The Balaban J connectivity index is 1.47. The highest BCUT2D eigenvalue weighted by Crippen LogP contribution is 2.34. The van der Waals surface area contributed by atoms with Crippen LogP contribution in [0.25, 0.3) is 16.8 Å². The molecule has 1 atom stereocenters. The van der Waals surface area contributed by atoms with Crippen LogP contribution in [0, 0.1) is 12.7 Å². The van der Waals surface area contributed by atoms with Crippen LogP contribution in [0.5, 0.6) is 11.5 Å². The predicted molar refractivity (Wildman–Crippen MR) is 133 cm³/mol. The van der Waals surface area contributed by atoms with E-state index in [0.29, 0.717) is 30.8 Å². The van der Waals surface area contributed by atoms with E-state index in [1.165, 1.54) is 6.08 Å². The molecule has 0 spiro atoms. The van der Waals surface area contributed by atoms with Crippen molar-refractivity contribution in [3.05, 3.63) is 90.4 Å². The number of carbonyl (C=O) groups is 1. The minimum Gasteiger partial charge on any atom is -0.454 e. The van der Waals surface area contributed by atoms with Crippen LogP contribution < -0.4 is 4.74 Å². The van der Waals surface area contributed by atoms with Crippen molar-refractivity contribution in [3.63, 3.8) is 0 Å². The number of carbonyl (C=O) groups excluding carboxylic acids is 1. The monoisotopic (exact) mass is 470 g/mol. The van der Waals surface area contributed by atoms with E-state index in [1.54, 1.807) is 18.2 Å². The largest absolute Gasteiger partial charge is 0.454 e. The lowest BCUT2D eigenvalue weighted by molar-refractivity contribution is -0.125. The molecule has 7 heteroatoms. The Hall–Kier alpha value is -4.00. The SMILES string of the molecule is C=CC(=O)N1CC[C@@H](c2nc(-c3ccc(Oc4cccc(CC)c4F)cc3)c3cncc(C)n23)C1. The highest BCUT2D eigenvalue weighted by atomic mass is 19.1. The van der Waals surface area contributed by atoms with Gasteiger partial charge in [-0.25, -0.2) is 9.37 Å². The number of halogens is 1. The highest BCUT2D eigenvalue weighted by Gasteiger charge is 2.30. The lowest BCUT2D eigenvalue weighted by Crippen LogP contribution is -2.26. The molecule has 5 rings (SSSR count). The van der Waals surface area contributed by atoms with Crippen LogP contribution in [-0.2, 0) is 11.2 Å². The summed E-state index contributed by atoms with van der Waals surface area (Å²) < 4.78 is 22.5. The molecule has 0 unspecified atom stereocenters. The zero-order valence-electron chi connectivity index (χ0n) is 19.9. The summed E-state index contributed by atoms with van der Waals surface area (Å²) in [7, 11) is 0. The van der Waals surface area contributed by atoms with Gasteiger partial charge in [0.2, 0.25) is 5.91 Å². The number of likely N-dealkylation sites (tertiary alicyclic amines) is 1. The number of hydrogen-bond donors (Lipinski definition) is 0. The molecule has 2 aromatic carbocycles. The van der Waals surface area contributed by atoms with E-state index in [4.69, 9.17) is 9.72 Å². The number of hydrogen-bond acceptors (Lipinski definition) is 4. The van der Waals surface area contributed by atoms with Crippen LogP contribution in [0.1, 0.15) is 36.3 Å². The average Bonchev–Trinajstić information content (AvgIpc) is 3.51. The first-order chi connectivity index (χ1) is 17.0. The van der Waals surface area contributed by atoms with Gasteiger partial charge < -0.3 is 9.64 Å². The van der Waals surface area contributed by atoms with Gasteiger partial charge in [0.15, 0.2) is 11.6 Å². The molecule has 1 fully saturated rings. The topological polar surface area (TPSA) is 59.7 Å². The summed E-state index contributed by atoms with van der Waals surface area (Å²) >= 11 is 0. The molecule has 0 N–H and O–H groups in total. The minimum absolute atomic E-state index is 0.0523. The number of imidazole rings is 1. The molecule has 3 heterocycles. The zero-order chi connectivity index (χ0) is 24.5. The average molecular weight is 471 g/mol. The first kappa shape index (κ1) is 22.8. The lowest BCUT2D eigenvalue weighted by atomic mass is 10.1. The van der Waals surface area contributed by atoms with Gasteiger partial charge in [0.1, 0.15) is 11.6 Å². The Morgan fingerprint density at radius 1 is 1.23 bits per heavy atom. The van der Waals surface area contributed by atoms with Crippen molar-refractivity contribution in [1.29, 1.82) is 0 Å². The maximum absolute atomic E-state index is 14.6. The maximum Gasteiger partial charge on any atom is 0.245 e. The van der Waals surface area contributed by atoms with Gasteiger partial charge in [-0.05, 0) is 61.7 Å². The molecule has 2 aromatic heterocycles. The van der Waals surface area contributed by atoms with Gasteiger partial charge in [0.05, 0.1) is 17.4 Å². The normalized spacial score (nSPS) is 15.5. The van der Waals surface area contributed by atoms with E-state index in [1.807, 2.05) is 55.4 Å². The molecule has 0 radical (unpaired) electrons. The van der Waals surface area contributed by atoms with E-state index >= 15 is 0 Å². The van der Waals surface area contributed by atoms with Crippen LogP contribution in [0.3, 0.4) is 0 Å². The molecule has 1 aliphatic heterocycles. The molecule has 0 aliphatic carbocycles. The molecule has 35 heavy (non-hydrogen) atoms. The van der Waals surface area contributed by atoms with Crippen LogP contribution in [0.15, 0.2) is 67.5 Å². The quantitative estimate of drug-likeness (QED) is 0.339. The van der Waals surface area contributed by atoms with E-state index < -0.39 is 0 Å². The van der Waals surface area contributed by atoms with Crippen molar-refractivity contribution >= 4 is 11.4 Å². The van der Waals surface area contributed by atoms with Crippen molar-refractivity contribution in [2.24, 2.45) is 0 Å². The van der Waals surface area contributed by atoms with Crippen LogP contribution >= 0.6 is 0 Å². The molecule has 0 saturated carbocycles. The standard InChI is InChI=1S/C28H27FN4O2/c1-4-19-7-6-8-24(26(19)29)35-22-11-9-20(10-12-22)27-23-16-30-15-18(3)33(23)28(31-27)21-13-14-32(17-21)25(34)5-2/h5-12,15-16,21H,2,4,13-14,17H2,1,3H3/t21-/m1/s1. The van der Waals surface area contributed by atoms with Gasteiger partial charge in [-0.2, -0.15) is 0 Å². The number of rotatable bonds is 6. The van der Waals surface area contributed by atoms with Gasteiger partial charge in [-0.3, -0.25) is 14.2 Å². The van der Waals surface area contributed by atoms with E-state index in [2.05, 4.69) is 16.0 Å². The fraction of sp³-hybridized carbons (Fsp3) is 0.250. The van der Waals surface area contributed by atoms with E-state index in [0.717, 1.165) is 34.7 Å². The van der Waals surface area contributed by atoms with Crippen LogP contribution in [-0.4, -0.2) is 38.3 Å². The lowest BCUT2D eigenvalue weighted by Gasteiger charge is -2.14. The fourth-order valence-electron chi connectivity index (χ4n) is 4.72. The van der Waals surface area contributed by atoms with E-state index in [-0.39, 0.29) is 23.4 Å². The van der Waals surface area contributed by atoms with Crippen molar-refractivity contribution in [1.82, 2.24) is 19.3 Å². The van der Waals surface area contributed by atoms with Crippen molar-refractivity contribution in [2.75, 3.05) is 13.1 Å². The second-order valence-electron chi connectivity index (χ2n) is 8.77. The first-order valence-corrected chi connectivity index (χ1v) is 11.8. The number of benzene rings is 2. The molecule has 178 valence electrons. The number of amides is 1. The molecule has 4 aromatic rings. The summed E-state index contributed by atoms with van der Waals surface area (Å²) in [5.41, 5.74) is 4.24. The minimum atomic E-state index is -0.328. The highest BCUT2D eigenvalue weighted by molar-refractivity contribution is 5.87. The summed E-state index contributed by atoms with van der Waals surface area (Å²) in [6.07, 6.45) is 6.44. The van der Waals surface area contributed by atoms with Crippen LogP contribution in [0.4, 0.5) is 4.39 Å². The van der Waals surface area contributed by atoms with Gasteiger partial charge in [0.25, 0.3) is 0 Å². The number of fused-ring (bicyclic) bond motifs is 1. The zero-order valence-corrected chi connectivity index (χ0v) is 19.9. The Morgan fingerprint density at radius 3 is 2.77 bits per heavy atom. The van der Waals surface area contributed by atoms with Crippen molar-refractivity contribution in [3.8, 4) is 22.8 Å². The number of aromatic nitrogens is 3. The fourth-order valence-corrected chi connectivity index (χ4v) is 4.72. The molecular weight excluding hydrogens is 443 g/mol. The predicted octanol–water partition coefficient (Wildman–Crippen LogP) is 5.70. The first-order valence-electron chi connectivity index (χ1n) is 11.8. The molecule has 1 aliphatic rings. The molecule has 1 saturated heterocycles. The Morgan fingerprint density at radius 2 is 2.03 bits per heavy atom. The van der Waals surface area contributed by atoms with Gasteiger partial charge in [-0.15, -0.1) is 0 Å². The Kier molecular flexibility index (Phi) is 6.07. The maximum atomic E-state index is 14.6. The summed E-state index contributed by atoms with van der Waals surface area (Å²) in [6.45, 7) is 8.82. The van der Waals surface area contributed by atoms with E-state index in [9.17, 15) is 9.18 Å². The third-order valence-electron chi connectivity index (χ3n) is 6.57. The summed E-state index contributed by atoms with van der Waals surface area (Å²) in [5, 5.41) is 0. The second kappa shape index (κ2) is 9.33. The summed E-state index contributed by atoms with van der Waals surface area (Å²) in [4.78, 5) is 23.3. The van der Waals surface area contributed by atoms with Crippen molar-refractivity contribution < 1.29 is 13.9 Å². The molecule has 1 amide bonds. The molecule has 0 bridgehead atoms.